The van der Waals surface area contributed by atoms with Crippen LogP contribution in [0.15, 0.2) is 162 Å². The van der Waals surface area contributed by atoms with Crippen LogP contribution in [-0.4, -0.2) is 129 Å². The molecule has 4 amide bonds. The van der Waals surface area contributed by atoms with Gasteiger partial charge >= 0.3 is 12.2 Å². The maximum absolute atomic E-state index is 14.3. The first-order valence-corrected chi connectivity index (χ1v) is 27.7. The number of hydrogen-bond acceptors (Lipinski definition) is 12. The fourth-order valence-corrected chi connectivity index (χ4v) is 11.9. The quantitative estimate of drug-likeness (QED) is 0.0851. The molecule has 18 nitrogen and oxygen atoms in total. The van der Waals surface area contributed by atoms with E-state index in [2.05, 4.69) is 24.6 Å². The minimum atomic E-state index is -4.51. The van der Waals surface area contributed by atoms with Crippen LogP contribution in [0.3, 0.4) is 0 Å². The predicted octanol–water partition coefficient (Wildman–Crippen LogP) is 8.73. The highest BCUT2D eigenvalue weighted by Gasteiger charge is 2.31. The number of carbonyl (C=O) groups is 3. The summed E-state index contributed by atoms with van der Waals surface area (Å²) in [5.41, 5.74) is 2.18. The van der Waals surface area contributed by atoms with Gasteiger partial charge in [-0.2, -0.15) is 13.2 Å². The molecule has 0 bridgehead atoms. The molecule has 23 heteroatoms. The predicted molar refractivity (Wildman–Crippen MR) is 291 cm³/mol. The second-order valence-electron chi connectivity index (χ2n) is 18.8. The number of hydrogen-bond donors (Lipinski definition) is 4. The summed E-state index contributed by atoms with van der Waals surface area (Å²) in [5.74, 6) is -0.0950. The summed E-state index contributed by atoms with van der Waals surface area (Å²) < 4.78 is 106. The Morgan fingerprint density at radius 1 is 0.608 bits per heavy atom. The molecule has 4 heterocycles. The zero-order chi connectivity index (χ0) is 55.6. The lowest BCUT2D eigenvalue weighted by Crippen LogP contribution is -2.51. The lowest BCUT2D eigenvalue weighted by molar-refractivity contribution is -0.137. The molecule has 10 rings (SSSR count). The number of aromatic hydroxyl groups is 1. The average Bonchev–Trinajstić information content (AvgIpc) is 3.53. The van der Waals surface area contributed by atoms with E-state index in [4.69, 9.17) is 9.72 Å². The van der Waals surface area contributed by atoms with Gasteiger partial charge in [-0.25, -0.2) is 26.6 Å². The minimum absolute atomic E-state index is 0.0604. The van der Waals surface area contributed by atoms with Crippen LogP contribution in [0.25, 0.3) is 33.1 Å². The number of alkyl halides is 3. The second-order valence-corrected chi connectivity index (χ2v) is 22.1. The monoisotopic (exact) mass is 1110 g/mol. The topological polar surface area (TPSA) is 224 Å². The third-order valence-corrected chi connectivity index (χ3v) is 16.4. The number of amides is 4. The average molecular weight is 1110 g/mol. The zero-order valence-electron chi connectivity index (χ0n) is 42.1. The van der Waals surface area contributed by atoms with Crippen molar-refractivity contribution in [2.45, 2.75) is 22.5 Å². The number of carbonyl (C=O) groups excluding carboxylic acids is 3. The number of aromatic nitrogens is 2. The van der Waals surface area contributed by atoms with Crippen LogP contribution in [0, 0.1) is 0 Å². The Labute approximate surface area is 452 Å². The lowest BCUT2D eigenvalue weighted by Gasteiger charge is -2.34. The van der Waals surface area contributed by atoms with Gasteiger partial charge in [0.1, 0.15) is 9.79 Å². The first-order valence-electron chi connectivity index (χ1n) is 24.8. The SMILES string of the molecule is COc1ccc(CN2CCN(C(=O)c3ccc(NS(=O)(=O)c4cc(-c5ccc6cccc(S(=O)(=O)Nc7ccc(C(=O)N8CCN(C(=O)Nc9ccc(C(F)(F)F)cc9)CC8)cc7)c6n5)cc5cccnc45)cc3)CC2)cc1O. The van der Waals surface area contributed by atoms with Crippen molar-refractivity contribution in [3.63, 3.8) is 0 Å². The van der Waals surface area contributed by atoms with Gasteiger partial charge in [0, 0.05) is 110 Å². The molecule has 0 radical (unpaired) electrons. The Morgan fingerprint density at radius 3 is 1.77 bits per heavy atom. The van der Waals surface area contributed by atoms with Gasteiger partial charge in [0.15, 0.2) is 11.5 Å². The molecular weight excluding hydrogens is 1060 g/mol. The number of phenols is 1. The van der Waals surface area contributed by atoms with E-state index in [9.17, 15) is 49.5 Å². The van der Waals surface area contributed by atoms with Gasteiger partial charge in [-0.3, -0.25) is 28.9 Å². The molecule has 6 aromatic carbocycles. The summed E-state index contributed by atoms with van der Waals surface area (Å²) >= 11 is 0. The van der Waals surface area contributed by atoms with Crippen molar-refractivity contribution in [3.8, 4) is 22.8 Å². The van der Waals surface area contributed by atoms with Crippen LogP contribution in [-0.2, 0) is 32.8 Å². The summed E-state index contributed by atoms with van der Waals surface area (Å²) in [7, 11) is -7.17. The maximum Gasteiger partial charge on any atom is 0.416 e. The van der Waals surface area contributed by atoms with Gasteiger partial charge in [-0.15, -0.1) is 0 Å². The number of urea groups is 1. The fraction of sp³-hybridized carbons (Fsp3) is 0.196. The van der Waals surface area contributed by atoms with Crippen molar-refractivity contribution in [2.24, 2.45) is 0 Å². The number of sulfonamides is 2. The number of methoxy groups -OCH3 is 1. The van der Waals surface area contributed by atoms with Gasteiger partial charge in [-0.05, 0) is 121 Å². The molecule has 79 heavy (non-hydrogen) atoms. The maximum atomic E-state index is 14.3. The smallest absolute Gasteiger partial charge is 0.416 e. The highest BCUT2D eigenvalue weighted by Crippen LogP contribution is 2.34. The van der Waals surface area contributed by atoms with Crippen molar-refractivity contribution in [1.29, 1.82) is 0 Å². The first-order chi connectivity index (χ1) is 37.8. The highest BCUT2D eigenvalue weighted by molar-refractivity contribution is 7.93. The Hall–Kier alpha value is -8.80. The number of halogens is 3. The number of phenolic OH excluding ortho intramolecular Hbond substituents is 1. The van der Waals surface area contributed by atoms with E-state index in [0.29, 0.717) is 60.4 Å². The van der Waals surface area contributed by atoms with Crippen LogP contribution in [0.2, 0.25) is 0 Å². The molecular formula is C56H50F3N9O9S2. The fourth-order valence-electron chi connectivity index (χ4n) is 9.42. The Kier molecular flexibility index (Phi) is 14.9. The van der Waals surface area contributed by atoms with Crippen LogP contribution >= 0.6 is 0 Å². The van der Waals surface area contributed by atoms with Crippen LogP contribution in [0.1, 0.15) is 31.8 Å². The third-order valence-electron chi connectivity index (χ3n) is 13.6. The van der Waals surface area contributed by atoms with Crippen LogP contribution < -0.4 is 19.5 Å². The van der Waals surface area contributed by atoms with E-state index in [0.717, 1.165) is 29.8 Å². The van der Waals surface area contributed by atoms with Gasteiger partial charge < -0.3 is 29.9 Å². The molecule has 0 atom stereocenters. The number of benzene rings is 6. The third kappa shape index (κ3) is 11.9. The van der Waals surface area contributed by atoms with Crippen molar-refractivity contribution in [1.82, 2.24) is 29.6 Å². The number of piperazine rings is 2. The zero-order valence-corrected chi connectivity index (χ0v) is 43.8. The van der Waals surface area contributed by atoms with Gasteiger partial charge in [0.2, 0.25) is 0 Å². The highest BCUT2D eigenvalue weighted by atomic mass is 32.2. The van der Waals surface area contributed by atoms with Crippen LogP contribution in [0.5, 0.6) is 11.5 Å². The summed E-state index contributed by atoms with van der Waals surface area (Å²) in [5, 5.41) is 13.7. The molecule has 0 spiro atoms. The van der Waals surface area contributed by atoms with Gasteiger partial charge in [0.25, 0.3) is 31.9 Å². The summed E-state index contributed by atoms with van der Waals surface area (Å²) in [6.45, 7) is 3.46. The molecule has 2 aliphatic heterocycles. The van der Waals surface area contributed by atoms with Crippen molar-refractivity contribution in [2.75, 3.05) is 74.2 Å². The summed E-state index contributed by atoms with van der Waals surface area (Å²) in [4.78, 5) is 55.6. The lowest BCUT2D eigenvalue weighted by atomic mass is 10.1. The molecule has 0 saturated carbocycles. The van der Waals surface area contributed by atoms with E-state index in [1.54, 1.807) is 71.6 Å². The number of nitrogens with zero attached hydrogens (tertiary/aromatic N) is 6. The molecule has 8 aromatic rings. The summed E-state index contributed by atoms with van der Waals surface area (Å²) in [6.07, 6.45) is -3.04. The molecule has 0 unspecified atom stereocenters. The number of pyridine rings is 2. The van der Waals surface area contributed by atoms with Gasteiger partial charge in [-0.1, -0.05) is 30.3 Å². The van der Waals surface area contributed by atoms with E-state index in [1.165, 1.54) is 71.6 Å². The number of fused-ring (bicyclic) bond motifs is 2. The Bertz CT molecular complexity index is 3860. The van der Waals surface area contributed by atoms with E-state index < -0.39 is 37.8 Å². The number of rotatable bonds is 13. The van der Waals surface area contributed by atoms with Crippen molar-refractivity contribution < 1.29 is 54.2 Å². The van der Waals surface area contributed by atoms with Crippen molar-refractivity contribution in [3.05, 3.63) is 174 Å². The molecule has 406 valence electrons. The molecule has 0 aliphatic carbocycles. The largest absolute Gasteiger partial charge is 0.504 e. The normalized spacial score (nSPS) is 14.5. The molecule has 2 aliphatic rings. The van der Waals surface area contributed by atoms with Gasteiger partial charge in [0.05, 0.1) is 29.4 Å². The Morgan fingerprint density at radius 2 is 1.18 bits per heavy atom. The summed E-state index contributed by atoms with van der Waals surface area (Å²) in [6, 6.07) is 35.3. The van der Waals surface area contributed by atoms with E-state index >= 15 is 0 Å². The first kappa shape index (κ1) is 53.6. The van der Waals surface area contributed by atoms with E-state index in [1.807, 2.05) is 6.07 Å². The minimum Gasteiger partial charge on any atom is -0.504 e. The van der Waals surface area contributed by atoms with Crippen molar-refractivity contribution >= 4 is 76.8 Å². The number of para-hydroxylation sites is 1. The number of anilines is 3. The molecule has 2 fully saturated rings. The van der Waals surface area contributed by atoms with Crippen LogP contribution in [0.4, 0.5) is 35.0 Å². The second kappa shape index (κ2) is 21.9. The number of ether oxygens (including phenoxy) is 1. The standard InChI is InChI=1S/C56H50F3N9O9S2/c1-77-48-22-7-36(32-47(48)69)35-65-24-26-66(27-25-65)53(70)38-10-17-45(18-11-38)64-79(75,76)50-34-41(33-40-5-3-23-60-51(40)50)46-21-12-37-4-2-6-49(52(37)62-46)78(73,74)63-44-15-8-39(9-16-44)54(71)67-28-30-68(31-29-67)55(72)61-43-19-13-42(14-20-43)56(57,58)59/h2-23,32-34,63-64,69H,24-31,35H2,1H3,(H,61,72). The molecule has 2 saturated heterocycles. The Balaban J connectivity index is 0.792. The molecule has 4 N–H and O–H groups in total. The van der Waals surface area contributed by atoms with E-state index in [-0.39, 0.29) is 92.9 Å². The number of nitrogens with one attached hydrogen (secondary N) is 3. The molecule has 2 aromatic heterocycles.